The van der Waals surface area contributed by atoms with E-state index in [1.807, 2.05) is 13.1 Å². The van der Waals surface area contributed by atoms with E-state index in [0.29, 0.717) is 17.8 Å². The molecule has 0 fully saturated rings. The van der Waals surface area contributed by atoms with Crippen LogP contribution in [0.1, 0.15) is 5.56 Å². The van der Waals surface area contributed by atoms with Gasteiger partial charge in [0.05, 0.1) is 7.11 Å². The Labute approximate surface area is 83.7 Å². The number of rotatable bonds is 4. The van der Waals surface area contributed by atoms with Crippen molar-refractivity contribution in [2.75, 3.05) is 14.2 Å². The Morgan fingerprint density at radius 2 is 2.07 bits per heavy atom. The van der Waals surface area contributed by atoms with Gasteiger partial charge in [-0.05, 0) is 30.2 Å². The zero-order valence-electron chi connectivity index (χ0n) is 8.32. The molecule has 4 nitrogen and oxygen atoms in total. The van der Waals surface area contributed by atoms with Crippen molar-refractivity contribution >= 4 is 12.6 Å². The number of ether oxygens (including phenoxy) is 1. The molecule has 14 heavy (non-hydrogen) atoms. The maximum absolute atomic E-state index is 9.02. The normalized spacial score (nSPS) is 10.0. The maximum atomic E-state index is 9.02. The van der Waals surface area contributed by atoms with Crippen LogP contribution >= 0.6 is 0 Å². The van der Waals surface area contributed by atoms with Crippen molar-refractivity contribution in [1.29, 1.82) is 0 Å². The highest BCUT2D eigenvalue weighted by molar-refractivity contribution is 6.58. The van der Waals surface area contributed by atoms with Gasteiger partial charge >= 0.3 is 7.12 Å². The van der Waals surface area contributed by atoms with Gasteiger partial charge in [-0.1, -0.05) is 6.07 Å². The van der Waals surface area contributed by atoms with Gasteiger partial charge in [-0.25, -0.2) is 0 Å². The molecule has 1 rings (SSSR count). The first kappa shape index (κ1) is 11.0. The second kappa shape index (κ2) is 5.00. The van der Waals surface area contributed by atoms with E-state index in [-0.39, 0.29) is 0 Å². The molecule has 0 aliphatic heterocycles. The van der Waals surface area contributed by atoms with Gasteiger partial charge in [-0.15, -0.1) is 0 Å². The fourth-order valence-electron chi connectivity index (χ4n) is 1.26. The zero-order chi connectivity index (χ0) is 10.6. The van der Waals surface area contributed by atoms with Crippen LogP contribution in [0.2, 0.25) is 0 Å². The molecule has 0 amide bonds. The van der Waals surface area contributed by atoms with Crippen molar-refractivity contribution in [2.24, 2.45) is 0 Å². The summed E-state index contributed by atoms with van der Waals surface area (Å²) >= 11 is 0. The molecule has 1 aromatic rings. The Bertz CT molecular complexity index is 304. The lowest BCUT2D eigenvalue weighted by molar-refractivity contribution is 0.411. The summed E-state index contributed by atoms with van der Waals surface area (Å²) in [7, 11) is 1.92. The zero-order valence-corrected chi connectivity index (χ0v) is 8.32. The Balaban J connectivity index is 3.00. The van der Waals surface area contributed by atoms with E-state index in [2.05, 4.69) is 5.32 Å². The van der Waals surface area contributed by atoms with Gasteiger partial charge in [0.1, 0.15) is 5.75 Å². The average Bonchev–Trinajstić information content (AvgIpc) is 2.17. The summed E-state index contributed by atoms with van der Waals surface area (Å²) in [5, 5.41) is 21.0. The molecule has 0 heterocycles. The molecule has 0 aromatic heterocycles. The molecule has 0 unspecified atom stereocenters. The van der Waals surface area contributed by atoms with Crippen LogP contribution in [0.5, 0.6) is 5.75 Å². The molecule has 0 saturated carbocycles. The summed E-state index contributed by atoms with van der Waals surface area (Å²) in [4.78, 5) is 0. The third kappa shape index (κ3) is 2.73. The van der Waals surface area contributed by atoms with Gasteiger partial charge in [0.25, 0.3) is 0 Å². The fourth-order valence-corrected chi connectivity index (χ4v) is 1.26. The minimum Gasteiger partial charge on any atom is -0.497 e. The lowest BCUT2D eigenvalue weighted by atomic mass is 9.79. The van der Waals surface area contributed by atoms with Crippen LogP contribution in [-0.2, 0) is 6.54 Å². The van der Waals surface area contributed by atoms with Gasteiger partial charge in [0.2, 0.25) is 0 Å². The molecule has 0 aliphatic rings. The number of nitrogens with one attached hydrogen (secondary N) is 1. The van der Waals surface area contributed by atoms with E-state index in [4.69, 9.17) is 14.8 Å². The molecular formula is C9H14BNO3. The van der Waals surface area contributed by atoms with E-state index in [0.717, 1.165) is 5.56 Å². The summed E-state index contributed by atoms with van der Waals surface area (Å²) < 4.78 is 5.04. The summed E-state index contributed by atoms with van der Waals surface area (Å²) in [6.07, 6.45) is 0. The smallest absolute Gasteiger partial charge is 0.488 e. The monoisotopic (exact) mass is 195 g/mol. The lowest BCUT2D eigenvalue weighted by Gasteiger charge is -2.08. The van der Waals surface area contributed by atoms with Crippen LogP contribution < -0.4 is 15.5 Å². The topological polar surface area (TPSA) is 61.7 Å². The molecule has 0 bridgehead atoms. The van der Waals surface area contributed by atoms with Crippen LogP contribution in [0.25, 0.3) is 0 Å². The van der Waals surface area contributed by atoms with Gasteiger partial charge in [0.15, 0.2) is 0 Å². The van der Waals surface area contributed by atoms with Crippen LogP contribution in [0.3, 0.4) is 0 Å². The predicted octanol–water partition coefficient (Wildman–Crippen LogP) is -0.906. The summed E-state index contributed by atoms with van der Waals surface area (Å²) in [6, 6.07) is 5.18. The molecule has 1 aromatic carbocycles. The highest BCUT2D eigenvalue weighted by Crippen LogP contribution is 2.11. The van der Waals surface area contributed by atoms with Gasteiger partial charge in [-0.3, -0.25) is 0 Å². The molecule has 76 valence electrons. The molecule has 5 heteroatoms. The predicted molar refractivity (Wildman–Crippen MR) is 55.6 cm³/mol. The maximum Gasteiger partial charge on any atom is 0.488 e. The van der Waals surface area contributed by atoms with Gasteiger partial charge in [-0.2, -0.15) is 0 Å². The van der Waals surface area contributed by atoms with E-state index < -0.39 is 7.12 Å². The van der Waals surface area contributed by atoms with Crippen molar-refractivity contribution in [3.63, 3.8) is 0 Å². The van der Waals surface area contributed by atoms with Crippen LogP contribution in [0, 0.1) is 0 Å². The molecule has 3 N–H and O–H groups in total. The third-order valence-electron chi connectivity index (χ3n) is 1.90. The van der Waals surface area contributed by atoms with E-state index >= 15 is 0 Å². The highest BCUT2D eigenvalue weighted by Gasteiger charge is 2.12. The summed E-state index contributed by atoms with van der Waals surface area (Å²) in [6.45, 7) is 0.664. The van der Waals surface area contributed by atoms with Gasteiger partial charge in [0, 0.05) is 6.54 Å². The number of methoxy groups -OCH3 is 1. The Morgan fingerprint density at radius 1 is 1.36 bits per heavy atom. The minimum absolute atomic E-state index is 0.439. The first-order valence-corrected chi connectivity index (χ1v) is 4.36. The lowest BCUT2D eigenvalue weighted by Crippen LogP contribution is -2.30. The van der Waals surface area contributed by atoms with E-state index in [1.54, 1.807) is 19.2 Å². The molecule has 0 atom stereocenters. The van der Waals surface area contributed by atoms with Crippen LogP contribution in [0.15, 0.2) is 18.2 Å². The van der Waals surface area contributed by atoms with Gasteiger partial charge < -0.3 is 20.1 Å². The minimum atomic E-state index is -1.46. The SMILES string of the molecule is CNCc1cc(OC)cc(B(O)O)c1. The summed E-state index contributed by atoms with van der Waals surface area (Å²) in [5.74, 6) is 0.626. The Kier molecular flexibility index (Phi) is 3.94. The number of benzene rings is 1. The fraction of sp³-hybridized carbons (Fsp3) is 0.333. The number of hydrogen-bond acceptors (Lipinski definition) is 4. The standard InChI is InChI=1S/C9H14BNO3/c1-11-6-7-3-8(10(12)13)5-9(4-7)14-2/h3-5,11-13H,6H2,1-2H3. The molecule has 0 radical (unpaired) electrons. The molecule has 0 aliphatic carbocycles. The number of hydrogen-bond donors (Lipinski definition) is 3. The quantitative estimate of drug-likeness (QED) is 0.544. The Hall–Kier alpha value is -1.04. The van der Waals surface area contributed by atoms with Crippen LogP contribution in [-0.4, -0.2) is 31.3 Å². The van der Waals surface area contributed by atoms with Crippen molar-refractivity contribution in [2.45, 2.75) is 6.54 Å². The van der Waals surface area contributed by atoms with Crippen molar-refractivity contribution in [1.82, 2.24) is 5.32 Å². The van der Waals surface area contributed by atoms with E-state index in [9.17, 15) is 0 Å². The third-order valence-corrected chi connectivity index (χ3v) is 1.90. The first-order chi connectivity index (χ1) is 6.67. The molecule has 0 saturated heterocycles. The summed E-state index contributed by atoms with van der Waals surface area (Å²) in [5.41, 5.74) is 1.39. The second-order valence-corrected chi connectivity index (χ2v) is 3.02. The molecule has 0 spiro atoms. The largest absolute Gasteiger partial charge is 0.497 e. The first-order valence-electron chi connectivity index (χ1n) is 4.36. The van der Waals surface area contributed by atoms with Crippen molar-refractivity contribution < 1.29 is 14.8 Å². The molecular weight excluding hydrogens is 181 g/mol. The van der Waals surface area contributed by atoms with Crippen molar-refractivity contribution in [3.05, 3.63) is 23.8 Å². The average molecular weight is 195 g/mol. The van der Waals surface area contributed by atoms with Crippen molar-refractivity contribution in [3.8, 4) is 5.75 Å². The van der Waals surface area contributed by atoms with Crippen LogP contribution in [0.4, 0.5) is 0 Å². The second-order valence-electron chi connectivity index (χ2n) is 3.02. The highest BCUT2D eigenvalue weighted by atomic mass is 16.5. The van der Waals surface area contributed by atoms with E-state index in [1.165, 1.54) is 0 Å². The Morgan fingerprint density at radius 3 is 2.57 bits per heavy atom.